The van der Waals surface area contributed by atoms with E-state index in [9.17, 15) is 0 Å². The molecule has 0 bridgehead atoms. The zero-order valence-electron chi connectivity index (χ0n) is 23.8. The van der Waals surface area contributed by atoms with Crippen LogP contribution in [0.4, 0.5) is 17.1 Å². The molecule has 4 heteroatoms. The lowest BCUT2D eigenvalue weighted by Crippen LogP contribution is -2.27. The molecule has 3 aromatic carbocycles. The fourth-order valence-electron chi connectivity index (χ4n) is 5.49. The molecule has 1 fully saturated rings. The summed E-state index contributed by atoms with van der Waals surface area (Å²) in [6.07, 6.45) is 9.93. The highest BCUT2D eigenvalue weighted by Gasteiger charge is 2.22. The third-order valence-corrected chi connectivity index (χ3v) is 7.90. The molecular weight excluding hydrogens is 488 g/mol. The first-order valence-electron chi connectivity index (χ1n) is 14.3. The molecule has 0 amide bonds. The second kappa shape index (κ2) is 12.7. The van der Waals surface area contributed by atoms with Crippen molar-refractivity contribution < 1.29 is 0 Å². The Kier molecular flexibility index (Phi) is 8.65. The number of nitrogens with zero attached hydrogens (tertiary/aromatic N) is 3. The molecule has 1 aromatic heterocycles. The van der Waals surface area contributed by atoms with Gasteiger partial charge in [0.1, 0.15) is 0 Å². The molecule has 204 valence electrons. The van der Waals surface area contributed by atoms with Gasteiger partial charge in [0.25, 0.3) is 0 Å². The number of aromatic nitrogens is 1. The summed E-state index contributed by atoms with van der Waals surface area (Å²) in [6.45, 7) is 9.67. The molecule has 4 aromatic rings. The Labute approximate surface area is 239 Å². The monoisotopic (exact) mass is 528 g/mol. The standard InChI is InChI=1S/C36H40N4/c1-27(33-12-9-23-37-25-33)38-34-13-8-14-36(24-34)40(28(2)30-10-6-5-7-11-30)26-29-15-17-31(18-16-29)32-19-21-35(22-20-32)39(3)4/h8-9,12-25,30,38H,1-2,5-7,10-11,26H2,3-4H3. The molecule has 0 radical (unpaired) electrons. The maximum absolute atomic E-state index is 4.65. The van der Waals surface area contributed by atoms with Crippen LogP contribution in [0.25, 0.3) is 16.8 Å². The van der Waals surface area contributed by atoms with Crippen LogP contribution in [0.1, 0.15) is 43.2 Å². The maximum Gasteiger partial charge on any atom is 0.0478 e. The summed E-state index contributed by atoms with van der Waals surface area (Å²) in [5, 5.41) is 3.48. The highest BCUT2D eigenvalue weighted by atomic mass is 15.1. The molecular formula is C36H40N4. The molecule has 4 nitrogen and oxygen atoms in total. The molecule has 1 aliphatic rings. The van der Waals surface area contributed by atoms with Crippen molar-refractivity contribution in [2.75, 3.05) is 29.2 Å². The maximum atomic E-state index is 4.65. The number of hydrogen-bond donors (Lipinski definition) is 1. The molecule has 1 aliphatic carbocycles. The Balaban J connectivity index is 1.38. The van der Waals surface area contributed by atoms with Crippen LogP contribution in [0.3, 0.4) is 0 Å². The van der Waals surface area contributed by atoms with Gasteiger partial charge in [-0.25, -0.2) is 0 Å². The van der Waals surface area contributed by atoms with Gasteiger partial charge in [-0.3, -0.25) is 4.98 Å². The molecule has 1 saturated carbocycles. The van der Waals surface area contributed by atoms with E-state index in [2.05, 4.69) is 120 Å². The average Bonchev–Trinajstić information content (AvgIpc) is 3.01. The van der Waals surface area contributed by atoms with Gasteiger partial charge in [0.05, 0.1) is 0 Å². The summed E-state index contributed by atoms with van der Waals surface area (Å²) in [5.41, 5.74) is 10.1. The van der Waals surface area contributed by atoms with Gasteiger partial charge in [-0.1, -0.05) is 74.9 Å². The summed E-state index contributed by atoms with van der Waals surface area (Å²) in [6, 6.07) is 30.2. The van der Waals surface area contributed by atoms with E-state index < -0.39 is 0 Å². The summed E-state index contributed by atoms with van der Waals surface area (Å²) in [7, 11) is 4.14. The molecule has 1 heterocycles. The van der Waals surface area contributed by atoms with Crippen LogP contribution in [0.15, 0.2) is 116 Å². The molecule has 0 unspecified atom stereocenters. The molecule has 1 N–H and O–H groups in total. The Hall–Kier alpha value is -4.31. The van der Waals surface area contributed by atoms with Gasteiger partial charge in [0.15, 0.2) is 0 Å². The van der Waals surface area contributed by atoms with Crippen molar-refractivity contribution in [3.8, 4) is 11.1 Å². The predicted octanol–water partition coefficient (Wildman–Crippen LogP) is 9.00. The first-order valence-corrected chi connectivity index (χ1v) is 14.3. The average molecular weight is 529 g/mol. The van der Waals surface area contributed by atoms with E-state index in [1.54, 1.807) is 6.20 Å². The quantitative estimate of drug-likeness (QED) is 0.222. The summed E-state index contributed by atoms with van der Waals surface area (Å²) < 4.78 is 0. The lowest BCUT2D eigenvalue weighted by molar-refractivity contribution is 0.396. The molecule has 5 rings (SSSR count). The second-order valence-electron chi connectivity index (χ2n) is 10.9. The largest absolute Gasteiger partial charge is 0.378 e. The number of anilines is 3. The summed E-state index contributed by atoms with van der Waals surface area (Å²) in [5.74, 6) is 0.519. The number of pyridine rings is 1. The summed E-state index contributed by atoms with van der Waals surface area (Å²) in [4.78, 5) is 8.77. The second-order valence-corrected chi connectivity index (χ2v) is 10.9. The van der Waals surface area contributed by atoms with E-state index in [-0.39, 0.29) is 0 Å². The van der Waals surface area contributed by atoms with E-state index in [1.165, 1.54) is 60.2 Å². The van der Waals surface area contributed by atoms with Gasteiger partial charge in [-0.2, -0.15) is 0 Å². The van der Waals surface area contributed by atoms with E-state index >= 15 is 0 Å². The molecule has 0 saturated heterocycles. The Morgan fingerprint density at radius 1 is 0.825 bits per heavy atom. The van der Waals surface area contributed by atoms with Crippen molar-refractivity contribution in [3.63, 3.8) is 0 Å². The topological polar surface area (TPSA) is 31.4 Å². The van der Waals surface area contributed by atoms with Crippen LogP contribution in [-0.2, 0) is 6.54 Å². The van der Waals surface area contributed by atoms with Gasteiger partial charge >= 0.3 is 0 Å². The number of rotatable bonds is 10. The smallest absolute Gasteiger partial charge is 0.0478 e. The number of nitrogens with one attached hydrogen (secondary N) is 1. The highest BCUT2D eigenvalue weighted by Crippen LogP contribution is 2.35. The van der Waals surface area contributed by atoms with E-state index in [0.717, 1.165) is 29.2 Å². The van der Waals surface area contributed by atoms with Crippen LogP contribution in [-0.4, -0.2) is 19.1 Å². The zero-order valence-corrected chi connectivity index (χ0v) is 23.8. The van der Waals surface area contributed by atoms with Crippen molar-refractivity contribution in [3.05, 3.63) is 127 Å². The predicted molar refractivity (Wildman–Crippen MR) is 171 cm³/mol. The van der Waals surface area contributed by atoms with Crippen molar-refractivity contribution in [1.29, 1.82) is 0 Å². The van der Waals surface area contributed by atoms with Gasteiger partial charge in [-0.05, 0) is 77.9 Å². The van der Waals surface area contributed by atoms with Crippen molar-refractivity contribution in [2.45, 2.75) is 38.6 Å². The first kappa shape index (κ1) is 27.3. The minimum absolute atomic E-state index is 0.519. The van der Waals surface area contributed by atoms with Crippen molar-refractivity contribution in [2.24, 2.45) is 5.92 Å². The first-order chi connectivity index (χ1) is 19.5. The Morgan fingerprint density at radius 2 is 1.52 bits per heavy atom. The molecule has 0 aliphatic heterocycles. The number of benzene rings is 3. The zero-order chi connectivity index (χ0) is 27.9. The number of hydrogen-bond acceptors (Lipinski definition) is 4. The van der Waals surface area contributed by atoms with Crippen LogP contribution >= 0.6 is 0 Å². The van der Waals surface area contributed by atoms with Gasteiger partial charge in [0.2, 0.25) is 0 Å². The normalized spacial score (nSPS) is 13.4. The Bertz CT molecular complexity index is 1420. The van der Waals surface area contributed by atoms with E-state index in [1.807, 2.05) is 18.3 Å². The molecule has 0 atom stereocenters. The minimum atomic E-state index is 0.519. The Morgan fingerprint density at radius 3 is 2.17 bits per heavy atom. The van der Waals surface area contributed by atoms with Crippen LogP contribution in [0.2, 0.25) is 0 Å². The van der Waals surface area contributed by atoms with Gasteiger partial charge in [0, 0.05) is 67.1 Å². The minimum Gasteiger partial charge on any atom is -0.378 e. The van der Waals surface area contributed by atoms with Crippen LogP contribution < -0.4 is 15.1 Å². The van der Waals surface area contributed by atoms with Gasteiger partial charge in [-0.15, -0.1) is 0 Å². The van der Waals surface area contributed by atoms with Gasteiger partial charge < -0.3 is 15.1 Å². The molecule has 0 spiro atoms. The van der Waals surface area contributed by atoms with Crippen LogP contribution in [0.5, 0.6) is 0 Å². The highest BCUT2D eigenvalue weighted by molar-refractivity contribution is 5.76. The third-order valence-electron chi connectivity index (χ3n) is 7.90. The fraction of sp³-hybridized carbons (Fsp3) is 0.250. The van der Waals surface area contributed by atoms with E-state index in [0.29, 0.717) is 5.92 Å². The lowest BCUT2D eigenvalue weighted by atomic mass is 9.86. The third kappa shape index (κ3) is 6.63. The molecule has 40 heavy (non-hydrogen) atoms. The van der Waals surface area contributed by atoms with Crippen molar-refractivity contribution >= 4 is 22.8 Å². The van der Waals surface area contributed by atoms with E-state index in [4.69, 9.17) is 0 Å². The summed E-state index contributed by atoms with van der Waals surface area (Å²) >= 11 is 0. The van der Waals surface area contributed by atoms with Crippen molar-refractivity contribution in [1.82, 2.24) is 4.98 Å². The SMILES string of the molecule is C=C(Nc1cccc(N(Cc2ccc(-c3ccc(N(C)C)cc3)cc2)C(=C)C2CCCCC2)c1)c1cccnc1. The fourth-order valence-corrected chi connectivity index (χ4v) is 5.49. The lowest BCUT2D eigenvalue weighted by Gasteiger charge is -2.34. The van der Waals surface area contributed by atoms with Crippen LogP contribution in [0, 0.1) is 5.92 Å². The number of allylic oxidation sites excluding steroid dienone is 1.